The van der Waals surface area contributed by atoms with E-state index in [9.17, 15) is 9.59 Å². The van der Waals surface area contributed by atoms with Crippen LogP contribution in [0.1, 0.15) is 6.92 Å². The van der Waals surface area contributed by atoms with Crippen molar-refractivity contribution >= 4 is 17.7 Å². The van der Waals surface area contributed by atoms with Crippen LogP contribution in [0.15, 0.2) is 79.1 Å². The number of urea groups is 1. The molecule has 27 heavy (non-hydrogen) atoms. The number of esters is 1. The number of ether oxygens (including phenoxy) is 1. The minimum absolute atomic E-state index is 0.434. The van der Waals surface area contributed by atoms with Gasteiger partial charge in [-0.1, -0.05) is 30.3 Å². The summed E-state index contributed by atoms with van der Waals surface area (Å²) in [4.78, 5) is 28.1. The fourth-order valence-electron chi connectivity index (χ4n) is 2.41. The van der Waals surface area contributed by atoms with Crippen LogP contribution in [0.2, 0.25) is 0 Å². The fourth-order valence-corrected chi connectivity index (χ4v) is 2.41. The summed E-state index contributed by atoms with van der Waals surface area (Å²) in [5, 5.41) is 5.26. The minimum Gasteiger partial charge on any atom is -0.425 e. The maximum Gasteiger partial charge on any atom is 0.333 e. The molecule has 0 saturated heterocycles. The molecule has 3 rings (SSSR count). The van der Waals surface area contributed by atoms with Gasteiger partial charge in [0.15, 0.2) is 0 Å². The molecule has 136 valence electrons. The van der Waals surface area contributed by atoms with E-state index in [4.69, 9.17) is 4.74 Å². The molecule has 0 aliphatic carbocycles. The van der Waals surface area contributed by atoms with Crippen molar-refractivity contribution in [1.82, 2.24) is 10.3 Å². The molecule has 1 atom stereocenters. The van der Waals surface area contributed by atoms with Crippen LogP contribution >= 0.6 is 0 Å². The topological polar surface area (TPSA) is 80.3 Å². The van der Waals surface area contributed by atoms with Gasteiger partial charge in [0.25, 0.3) is 0 Å². The van der Waals surface area contributed by atoms with Crippen LogP contribution in [0.4, 0.5) is 10.5 Å². The third-order valence-corrected chi connectivity index (χ3v) is 3.82. The third kappa shape index (κ3) is 5.15. The lowest BCUT2D eigenvalue weighted by molar-refractivity contribution is -0.136. The molecule has 0 aliphatic heterocycles. The number of nitrogens with one attached hydrogen (secondary N) is 2. The molecule has 0 fully saturated rings. The van der Waals surface area contributed by atoms with Crippen molar-refractivity contribution in [2.24, 2.45) is 0 Å². The van der Waals surface area contributed by atoms with Crippen LogP contribution in [0.5, 0.6) is 5.75 Å². The quantitative estimate of drug-likeness (QED) is 0.534. The molecule has 2 N–H and O–H groups in total. The third-order valence-electron chi connectivity index (χ3n) is 3.82. The molecule has 0 bridgehead atoms. The normalized spacial score (nSPS) is 11.3. The van der Waals surface area contributed by atoms with E-state index in [0.29, 0.717) is 11.4 Å². The number of aromatic nitrogens is 1. The first kappa shape index (κ1) is 18.1. The van der Waals surface area contributed by atoms with Crippen molar-refractivity contribution in [2.45, 2.75) is 13.0 Å². The SMILES string of the molecule is C[C@@H](NC(=O)Nc1ccc(-c2ccncc2)cc1)C(=O)Oc1ccccc1. The Labute approximate surface area is 157 Å². The standard InChI is InChI=1S/C21H19N3O3/c1-15(20(25)27-19-5-3-2-4-6-19)23-21(26)24-18-9-7-16(8-10-18)17-11-13-22-14-12-17/h2-15H,1H3,(H2,23,24,26)/t15-/m1/s1. The summed E-state index contributed by atoms with van der Waals surface area (Å²) in [6, 6.07) is 18.7. The Morgan fingerprint density at radius 2 is 1.52 bits per heavy atom. The summed E-state index contributed by atoms with van der Waals surface area (Å²) in [5.74, 6) is -0.104. The van der Waals surface area contributed by atoms with Crippen LogP contribution in [-0.2, 0) is 4.79 Å². The first-order chi connectivity index (χ1) is 13.1. The lowest BCUT2D eigenvalue weighted by Crippen LogP contribution is -2.42. The predicted molar refractivity (Wildman–Crippen MR) is 103 cm³/mol. The number of carbonyl (C=O) groups is 2. The van der Waals surface area contributed by atoms with Gasteiger partial charge in [-0.05, 0) is 54.4 Å². The monoisotopic (exact) mass is 361 g/mol. The van der Waals surface area contributed by atoms with Gasteiger partial charge in [-0.3, -0.25) is 4.98 Å². The average molecular weight is 361 g/mol. The van der Waals surface area contributed by atoms with E-state index in [2.05, 4.69) is 15.6 Å². The number of anilines is 1. The number of rotatable bonds is 5. The van der Waals surface area contributed by atoms with Crippen molar-refractivity contribution in [3.05, 3.63) is 79.1 Å². The second-order valence-electron chi connectivity index (χ2n) is 5.87. The lowest BCUT2D eigenvalue weighted by Gasteiger charge is -2.14. The summed E-state index contributed by atoms with van der Waals surface area (Å²) in [6.45, 7) is 1.57. The van der Waals surface area contributed by atoms with Gasteiger partial charge in [0, 0.05) is 18.1 Å². The number of para-hydroxylation sites is 1. The van der Waals surface area contributed by atoms with Gasteiger partial charge in [-0.2, -0.15) is 0 Å². The molecule has 0 spiro atoms. The average Bonchev–Trinajstić information content (AvgIpc) is 2.70. The molecule has 0 radical (unpaired) electrons. The van der Waals surface area contributed by atoms with Crippen LogP contribution in [0.3, 0.4) is 0 Å². The van der Waals surface area contributed by atoms with Gasteiger partial charge < -0.3 is 15.4 Å². The van der Waals surface area contributed by atoms with Gasteiger partial charge in [-0.25, -0.2) is 9.59 Å². The highest BCUT2D eigenvalue weighted by Gasteiger charge is 2.17. The Morgan fingerprint density at radius 3 is 2.19 bits per heavy atom. The molecular weight excluding hydrogens is 342 g/mol. The van der Waals surface area contributed by atoms with Crippen molar-refractivity contribution in [3.63, 3.8) is 0 Å². The number of pyridine rings is 1. The molecule has 3 aromatic rings. The summed E-state index contributed by atoms with van der Waals surface area (Å²) >= 11 is 0. The van der Waals surface area contributed by atoms with Gasteiger partial charge in [0.1, 0.15) is 11.8 Å². The number of nitrogens with zero attached hydrogens (tertiary/aromatic N) is 1. The van der Waals surface area contributed by atoms with Gasteiger partial charge in [-0.15, -0.1) is 0 Å². The highest BCUT2D eigenvalue weighted by Crippen LogP contribution is 2.20. The number of hydrogen-bond acceptors (Lipinski definition) is 4. The first-order valence-corrected chi connectivity index (χ1v) is 8.46. The molecule has 1 aromatic heterocycles. The maximum atomic E-state index is 12.1. The van der Waals surface area contributed by atoms with Gasteiger partial charge >= 0.3 is 12.0 Å². The minimum atomic E-state index is -0.790. The fraction of sp³-hybridized carbons (Fsp3) is 0.0952. The summed E-state index contributed by atoms with van der Waals surface area (Å²) < 4.78 is 5.21. The summed E-state index contributed by atoms with van der Waals surface area (Å²) in [7, 11) is 0. The van der Waals surface area contributed by atoms with Gasteiger partial charge in [0.2, 0.25) is 0 Å². The van der Waals surface area contributed by atoms with E-state index >= 15 is 0 Å². The Kier molecular flexibility index (Phi) is 5.79. The molecular formula is C21H19N3O3. The van der Waals surface area contributed by atoms with Crippen LogP contribution in [-0.4, -0.2) is 23.0 Å². The number of benzene rings is 2. The van der Waals surface area contributed by atoms with Crippen LogP contribution in [0, 0.1) is 0 Å². The molecule has 1 heterocycles. The molecule has 2 amide bonds. The Bertz CT molecular complexity index is 897. The zero-order valence-electron chi connectivity index (χ0n) is 14.8. The second-order valence-corrected chi connectivity index (χ2v) is 5.87. The van der Waals surface area contributed by atoms with E-state index in [0.717, 1.165) is 11.1 Å². The molecule has 2 aromatic carbocycles. The molecule has 0 unspecified atom stereocenters. The Hall–Kier alpha value is -3.67. The van der Waals surface area contributed by atoms with Crippen molar-refractivity contribution < 1.29 is 14.3 Å². The lowest BCUT2D eigenvalue weighted by atomic mass is 10.1. The Balaban J connectivity index is 1.53. The zero-order chi connectivity index (χ0) is 19.1. The first-order valence-electron chi connectivity index (χ1n) is 8.46. The molecule has 6 heteroatoms. The van der Waals surface area contributed by atoms with Crippen molar-refractivity contribution in [1.29, 1.82) is 0 Å². The predicted octanol–water partition coefficient (Wildman–Crippen LogP) is 3.86. The number of hydrogen-bond donors (Lipinski definition) is 2. The highest BCUT2D eigenvalue weighted by atomic mass is 16.5. The summed E-state index contributed by atoms with van der Waals surface area (Å²) in [5.41, 5.74) is 2.68. The van der Waals surface area contributed by atoms with Crippen LogP contribution in [0.25, 0.3) is 11.1 Å². The summed E-state index contributed by atoms with van der Waals surface area (Å²) in [6.07, 6.45) is 3.45. The molecule has 0 aliphatic rings. The van der Waals surface area contributed by atoms with E-state index in [-0.39, 0.29) is 0 Å². The van der Waals surface area contributed by atoms with E-state index in [1.54, 1.807) is 55.7 Å². The van der Waals surface area contributed by atoms with Gasteiger partial charge in [0.05, 0.1) is 0 Å². The van der Waals surface area contributed by atoms with E-state index in [1.807, 2.05) is 30.3 Å². The van der Waals surface area contributed by atoms with E-state index in [1.165, 1.54) is 0 Å². The largest absolute Gasteiger partial charge is 0.425 e. The highest BCUT2D eigenvalue weighted by molar-refractivity contribution is 5.93. The zero-order valence-corrected chi connectivity index (χ0v) is 14.8. The van der Waals surface area contributed by atoms with Crippen molar-refractivity contribution in [3.8, 4) is 16.9 Å². The smallest absolute Gasteiger partial charge is 0.333 e. The number of carbonyl (C=O) groups excluding carboxylic acids is 2. The maximum absolute atomic E-state index is 12.1. The number of amides is 2. The molecule has 0 saturated carbocycles. The molecule has 6 nitrogen and oxygen atoms in total. The van der Waals surface area contributed by atoms with E-state index < -0.39 is 18.0 Å². The Morgan fingerprint density at radius 1 is 0.889 bits per heavy atom. The van der Waals surface area contributed by atoms with Crippen LogP contribution < -0.4 is 15.4 Å². The second kappa shape index (κ2) is 8.62. The van der Waals surface area contributed by atoms with Crippen molar-refractivity contribution in [2.75, 3.05) is 5.32 Å².